The number of benzene rings is 1. The highest BCUT2D eigenvalue weighted by molar-refractivity contribution is 9.10. The summed E-state index contributed by atoms with van der Waals surface area (Å²) in [6.45, 7) is 3.60. The summed E-state index contributed by atoms with van der Waals surface area (Å²) in [6, 6.07) is 3.04. The lowest BCUT2D eigenvalue weighted by Crippen LogP contribution is -2.44. The Morgan fingerprint density at radius 2 is 2.29 bits per heavy atom. The second-order valence-corrected chi connectivity index (χ2v) is 5.57. The molecule has 2 nitrogen and oxygen atoms in total. The molecule has 1 heterocycles. The van der Waals surface area contributed by atoms with Gasteiger partial charge in [0.2, 0.25) is 0 Å². The van der Waals surface area contributed by atoms with Crippen LogP contribution >= 0.6 is 27.5 Å². The molecule has 0 aliphatic carbocycles. The zero-order chi connectivity index (χ0) is 12.4. The lowest BCUT2D eigenvalue weighted by molar-refractivity contribution is -0.0267. The predicted molar refractivity (Wildman–Crippen MR) is 70.0 cm³/mol. The van der Waals surface area contributed by atoms with E-state index in [0.29, 0.717) is 21.5 Å². The van der Waals surface area contributed by atoms with Crippen molar-refractivity contribution in [1.82, 2.24) is 5.32 Å². The quantitative estimate of drug-likeness (QED) is 0.903. The SMILES string of the molecule is C[C@H]1CNCC(Cc2c(F)cc(Cl)cc2Br)O1. The fourth-order valence-electron chi connectivity index (χ4n) is 1.99. The van der Waals surface area contributed by atoms with E-state index in [4.69, 9.17) is 16.3 Å². The summed E-state index contributed by atoms with van der Waals surface area (Å²) in [5.74, 6) is -0.286. The Balaban J connectivity index is 2.12. The lowest BCUT2D eigenvalue weighted by Gasteiger charge is -2.29. The Kier molecular flexibility index (Phi) is 4.42. The van der Waals surface area contributed by atoms with E-state index in [9.17, 15) is 4.39 Å². The lowest BCUT2D eigenvalue weighted by atomic mass is 10.1. The summed E-state index contributed by atoms with van der Waals surface area (Å²) in [5, 5.41) is 3.66. The van der Waals surface area contributed by atoms with Gasteiger partial charge in [-0.1, -0.05) is 27.5 Å². The van der Waals surface area contributed by atoms with Gasteiger partial charge in [0.15, 0.2) is 0 Å². The van der Waals surface area contributed by atoms with Crippen LogP contribution in [0.5, 0.6) is 0 Å². The monoisotopic (exact) mass is 321 g/mol. The number of nitrogens with one attached hydrogen (secondary N) is 1. The first kappa shape index (κ1) is 13.3. The van der Waals surface area contributed by atoms with Gasteiger partial charge in [0, 0.05) is 34.6 Å². The van der Waals surface area contributed by atoms with Gasteiger partial charge in [-0.3, -0.25) is 0 Å². The molecule has 1 aromatic carbocycles. The van der Waals surface area contributed by atoms with Crippen molar-refractivity contribution in [3.8, 4) is 0 Å². The highest BCUT2D eigenvalue weighted by Crippen LogP contribution is 2.26. The molecule has 0 amide bonds. The second-order valence-electron chi connectivity index (χ2n) is 4.28. The molecule has 0 bridgehead atoms. The van der Waals surface area contributed by atoms with Crippen LogP contribution in [-0.4, -0.2) is 25.3 Å². The zero-order valence-electron chi connectivity index (χ0n) is 9.47. The first-order valence-electron chi connectivity index (χ1n) is 5.56. The molecule has 1 saturated heterocycles. The van der Waals surface area contributed by atoms with Crippen molar-refractivity contribution in [2.45, 2.75) is 25.6 Å². The van der Waals surface area contributed by atoms with Crippen LogP contribution in [0.25, 0.3) is 0 Å². The number of hydrogen-bond donors (Lipinski definition) is 1. The maximum absolute atomic E-state index is 13.8. The van der Waals surface area contributed by atoms with Crippen LogP contribution in [0.4, 0.5) is 4.39 Å². The summed E-state index contributed by atoms with van der Waals surface area (Å²) in [7, 11) is 0. The normalized spacial score (nSPS) is 24.9. The van der Waals surface area contributed by atoms with Gasteiger partial charge in [-0.2, -0.15) is 0 Å². The maximum Gasteiger partial charge on any atom is 0.129 e. The summed E-state index contributed by atoms with van der Waals surface area (Å²) < 4.78 is 20.2. The van der Waals surface area contributed by atoms with E-state index in [-0.39, 0.29) is 18.0 Å². The van der Waals surface area contributed by atoms with Gasteiger partial charge < -0.3 is 10.1 Å². The van der Waals surface area contributed by atoms with Crippen molar-refractivity contribution < 1.29 is 9.13 Å². The van der Waals surface area contributed by atoms with Crippen molar-refractivity contribution in [3.63, 3.8) is 0 Å². The molecule has 0 saturated carbocycles. The topological polar surface area (TPSA) is 21.3 Å². The largest absolute Gasteiger partial charge is 0.372 e. The zero-order valence-corrected chi connectivity index (χ0v) is 11.8. The highest BCUT2D eigenvalue weighted by Gasteiger charge is 2.21. The van der Waals surface area contributed by atoms with Crippen molar-refractivity contribution in [1.29, 1.82) is 0 Å². The molecular weight excluding hydrogens is 308 g/mol. The number of hydrogen-bond acceptors (Lipinski definition) is 2. The average molecular weight is 323 g/mol. The van der Waals surface area contributed by atoms with E-state index < -0.39 is 0 Å². The summed E-state index contributed by atoms with van der Waals surface area (Å²) in [5.41, 5.74) is 0.621. The van der Waals surface area contributed by atoms with Gasteiger partial charge in [0.25, 0.3) is 0 Å². The molecule has 17 heavy (non-hydrogen) atoms. The molecule has 2 rings (SSSR count). The van der Waals surface area contributed by atoms with Crippen molar-refractivity contribution in [2.24, 2.45) is 0 Å². The molecule has 2 atom stereocenters. The van der Waals surface area contributed by atoms with Gasteiger partial charge in [-0.05, 0) is 19.1 Å². The minimum Gasteiger partial charge on any atom is -0.372 e. The number of rotatable bonds is 2. The Hall–Kier alpha value is -0.160. The summed E-state index contributed by atoms with van der Waals surface area (Å²) >= 11 is 9.11. The highest BCUT2D eigenvalue weighted by atomic mass is 79.9. The van der Waals surface area contributed by atoms with Gasteiger partial charge in [-0.15, -0.1) is 0 Å². The van der Waals surface area contributed by atoms with E-state index in [1.54, 1.807) is 6.07 Å². The number of ether oxygens (including phenoxy) is 1. The summed E-state index contributed by atoms with van der Waals surface area (Å²) in [6.07, 6.45) is 0.717. The molecule has 0 aromatic heterocycles. The first-order valence-corrected chi connectivity index (χ1v) is 6.73. The fourth-order valence-corrected chi connectivity index (χ4v) is 2.92. The smallest absolute Gasteiger partial charge is 0.129 e. The molecule has 1 aliphatic heterocycles. The number of halogens is 3. The van der Waals surface area contributed by atoms with Crippen molar-refractivity contribution in [2.75, 3.05) is 13.1 Å². The van der Waals surface area contributed by atoms with E-state index in [1.165, 1.54) is 6.07 Å². The van der Waals surface area contributed by atoms with Crippen LogP contribution in [0.1, 0.15) is 12.5 Å². The molecular formula is C12H14BrClFNO. The molecule has 0 spiro atoms. The Morgan fingerprint density at radius 3 is 2.94 bits per heavy atom. The molecule has 1 unspecified atom stereocenters. The molecule has 1 aromatic rings. The number of morpholine rings is 1. The third-order valence-electron chi connectivity index (χ3n) is 2.77. The van der Waals surface area contributed by atoms with E-state index >= 15 is 0 Å². The molecule has 5 heteroatoms. The third-order valence-corrected chi connectivity index (χ3v) is 3.69. The van der Waals surface area contributed by atoms with Gasteiger partial charge in [0.05, 0.1) is 12.2 Å². The van der Waals surface area contributed by atoms with Crippen LogP contribution in [0.15, 0.2) is 16.6 Å². The molecule has 94 valence electrons. The van der Waals surface area contributed by atoms with Gasteiger partial charge >= 0.3 is 0 Å². The molecule has 1 aliphatic rings. The minimum absolute atomic E-state index is 0.00530. The predicted octanol–water partition coefficient (Wildman–Crippen LogP) is 3.16. The average Bonchev–Trinajstić information content (AvgIpc) is 2.23. The first-order chi connectivity index (χ1) is 8.06. The summed E-state index contributed by atoms with van der Waals surface area (Å²) in [4.78, 5) is 0. The minimum atomic E-state index is -0.286. The van der Waals surface area contributed by atoms with E-state index in [1.807, 2.05) is 6.92 Å². The Bertz CT molecular complexity index is 392. The van der Waals surface area contributed by atoms with E-state index in [0.717, 1.165) is 13.1 Å². The van der Waals surface area contributed by atoms with Crippen LogP contribution in [0.2, 0.25) is 5.02 Å². The van der Waals surface area contributed by atoms with Crippen LogP contribution < -0.4 is 5.32 Å². The third kappa shape index (κ3) is 3.41. The van der Waals surface area contributed by atoms with Crippen LogP contribution in [-0.2, 0) is 11.2 Å². The van der Waals surface area contributed by atoms with Gasteiger partial charge in [0.1, 0.15) is 5.82 Å². The molecule has 1 fully saturated rings. The maximum atomic E-state index is 13.8. The standard InChI is InChI=1S/C12H14BrClFNO/c1-7-5-16-6-9(17-7)4-10-11(13)2-8(14)3-12(10)15/h2-3,7,9,16H,4-6H2,1H3/t7-,9?/m0/s1. The second kappa shape index (κ2) is 5.65. The Labute approximate surface area is 114 Å². The van der Waals surface area contributed by atoms with Crippen molar-refractivity contribution in [3.05, 3.63) is 33.0 Å². The molecule has 1 N–H and O–H groups in total. The molecule has 0 radical (unpaired) electrons. The van der Waals surface area contributed by atoms with Crippen LogP contribution in [0, 0.1) is 5.82 Å². The Morgan fingerprint density at radius 1 is 1.53 bits per heavy atom. The van der Waals surface area contributed by atoms with Crippen LogP contribution in [0.3, 0.4) is 0 Å². The fraction of sp³-hybridized carbons (Fsp3) is 0.500. The van der Waals surface area contributed by atoms with Gasteiger partial charge in [-0.25, -0.2) is 4.39 Å². The van der Waals surface area contributed by atoms with Crippen molar-refractivity contribution >= 4 is 27.5 Å². The van der Waals surface area contributed by atoms with E-state index in [2.05, 4.69) is 21.2 Å².